The third-order valence-electron chi connectivity index (χ3n) is 2.67. The molecular weight excluding hydrogens is 364 g/mol. The van der Waals surface area contributed by atoms with Crippen LogP contribution in [-0.2, 0) is 9.59 Å². The third-order valence-corrected chi connectivity index (χ3v) is 3.20. The number of aryl methyl sites for hydroxylation is 1. The highest BCUT2D eigenvalue weighted by Gasteiger charge is 2.04. The van der Waals surface area contributed by atoms with Crippen LogP contribution in [0, 0.1) is 6.92 Å². The zero-order valence-electron chi connectivity index (χ0n) is 12.3. The fraction of sp³-hybridized carbons (Fsp3) is 0.125. The Hall–Kier alpha value is -2.54. The first kappa shape index (κ1) is 16.8. The van der Waals surface area contributed by atoms with E-state index in [4.69, 9.17) is 9.15 Å². The largest absolute Gasteiger partial charge is 0.484 e. The molecule has 2 N–H and O–H groups in total. The molecule has 0 bridgehead atoms. The normalized spacial score (nSPS) is 10.5. The van der Waals surface area contributed by atoms with Crippen LogP contribution in [0.5, 0.6) is 5.75 Å². The van der Waals surface area contributed by atoms with Gasteiger partial charge in [-0.05, 0) is 49.4 Å². The molecule has 120 valence electrons. The van der Waals surface area contributed by atoms with E-state index in [1.54, 1.807) is 36.4 Å². The average Bonchev–Trinajstić information content (AvgIpc) is 2.96. The van der Waals surface area contributed by atoms with Gasteiger partial charge in [0.2, 0.25) is 0 Å². The van der Waals surface area contributed by atoms with Crippen LogP contribution in [0.2, 0.25) is 0 Å². The van der Waals surface area contributed by atoms with E-state index in [9.17, 15) is 9.59 Å². The molecule has 1 heterocycles. The van der Waals surface area contributed by atoms with Gasteiger partial charge < -0.3 is 9.15 Å². The highest BCUT2D eigenvalue weighted by molar-refractivity contribution is 9.10. The Morgan fingerprint density at radius 2 is 1.91 bits per heavy atom. The zero-order valence-corrected chi connectivity index (χ0v) is 13.9. The predicted molar refractivity (Wildman–Crippen MR) is 88.4 cm³/mol. The molecule has 0 radical (unpaired) electrons. The maximum atomic E-state index is 11.6. The van der Waals surface area contributed by atoms with E-state index < -0.39 is 11.8 Å². The smallest absolute Gasteiger partial charge is 0.276 e. The molecule has 2 aromatic rings. The summed E-state index contributed by atoms with van der Waals surface area (Å²) in [6.45, 7) is 1.60. The van der Waals surface area contributed by atoms with E-state index in [0.717, 1.165) is 10.2 Å². The summed E-state index contributed by atoms with van der Waals surface area (Å²) in [4.78, 5) is 23.1. The van der Waals surface area contributed by atoms with Gasteiger partial charge in [0, 0.05) is 10.5 Å². The number of hydrogen-bond donors (Lipinski definition) is 2. The summed E-state index contributed by atoms with van der Waals surface area (Å²) in [7, 11) is 0. The van der Waals surface area contributed by atoms with Crippen molar-refractivity contribution >= 4 is 33.8 Å². The molecule has 2 amide bonds. The molecule has 6 nitrogen and oxygen atoms in total. The molecule has 0 fully saturated rings. The molecule has 0 unspecified atom stereocenters. The first-order valence-corrected chi connectivity index (χ1v) is 7.54. The lowest BCUT2D eigenvalue weighted by Gasteiger charge is -2.07. The highest BCUT2D eigenvalue weighted by atomic mass is 79.9. The van der Waals surface area contributed by atoms with Gasteiger partial charge in [-0.15, -0.1) is 0 Å². The topological polar surface area (TPSA) is 80.6 Å². The van der Waals surface area contributed by atoms with Crippen molar-refractivity contribution in [2.75, 3.05) is 6.61 Å². The number of amides is 2. The van der Waals surface area contributed by atoms with Crippen molar-refractivity contribution in [2.24, 2.45) is 0 Å². The van der Waals surface area contributed by atoms with Crippen molar-refractivity contribution in [1.29, 1.82) is 0 Å². The van der Waals surface area contributed by atoms with E-state index in [1.165, 1.54) is 12.2 Å². The monoisotopic (exact) mass is 378 g/mol. The fourth-order valence-corrected chi connectivity index (χ4v) is 1.85. The van der Waals surface area contributed by atoms with E-state index in [-0.39, 0.29) is 6.61 Å². The number of nitrogens with one attached hydrogen (secondary N) is 2. The van der Waals surface area contributed by atoms with E-state index in [2.05, 4.69) is 26.8 Å². The Labute approximate surface area is 141 Å². The van der Waals surface area contributed by atoms with Gasteiger partial charge >= 0.3 is 0 Å². The van der Waals surface area contributed by atoms with Gasteiger partial charge in [0.1, 0.15) is 17.3 Å². The number of halogens is 1. The molecule has 1 aromatic carbocycles. The number of carbonyl (C=O) groups excluding carboxylic acids is 2. The quantitative estimate of drug-likeness (QED) is 0.618. The molecule has 0 aliphatic carbocycles. The fourth-order valence-electron chi connectivity index (χ4n) is 1.59. The Bertz CT molecular complexity index is 707. The molecule has 23 heavy (non-hydrogen) atoms. The van der Waals surface area contributed by atoms with E-state index in [1.807, 2.05) is 6.92 Å². The summed E-state index contributed by atoms with van der Waals surface area (Å²) in [6.07, 6.45) is 2.76. The molecule has 1 aromatic heterocycles. The number of benzene rings is 1. The van der Waals surface area contributed by atoms with Crippen molar-refractivity contribution in [1.82, 2.24) is 10.9 Å². The van der Waals surface area contributed by atoms with Crippen molar-refractivity contribution < 1.29 is 18.7 Å². The summed E-state index contributed by atoms with van der Waals surface area (Å²) in [5.41, 5.74) is 4.50. The van der Waals surface area contributed by atoms with Crippen LogP contribution in [0.3, 0.4) is 0 Å². The van der Waals surface area contributed by atoms with Crippen LogP contribution in [0.1, 0.15) is 11.5 Å². The van der Waals surface area contributed by atoms with Crippen LogP contribution in [0.25, 0.3) is 6.08 Å². The van der Waals surface area contributed by atoms with Crippen LogP contribution in [-0.4, -0.2) is 18.4 Å². The Morgan fingerprint density at radius 3 is 2.57 bits per heavy atom. The average molecular weight is 379 g/mol. The SMILES string of the molecule is Cc1ccc(C=CC(=O)NNC(=O)COc2ccc(Br)cc2)o1. The number of ether oxygens (including phenoxy) is 1. The maximum absolute atomic E-state index is 11.6. The molecule has 2 rings (SSSR count). The van der Waals surface area contributed by atoms with Gasteiger partial charge in [-0.2, -0.15) is 0 Å². The lowest BCUT2D eigenvalue weighted by molar-refractivity contribution is -0.128. The number of carbonyl (C=O) groups is 2. The maximum Gasteiger partial charge on any atom is 0.276 e. The first-order chi connectivity index (χ1) is 11.0. The number of hydrazine groups is 1. The first-order valence-electron chi connectivity index (χ1n) is 6.74. The number of furan rings is 1. The van der Waals surface area contributed by atoms with Crippen LogP contribution < -0.4 is 15.6 Å². The molecule has 0 saturated carbocycles. The highest BCUT2D eigenvalue weighted by Crippen LogP contribution is 2.15. The minimum Gasteiger partial charge on any atom is -0.484 e. The van der Waals surface area contributed by atoms with E-state index in [0.29, 0.717) is 11.5 Å². The Kier molecular flexibility index (Phi) is 5.99. The van der Waals surface area contributed by atoms with Gasteiger partial charge in [-0.1, -0.05) is 15.9 Å². The summed E-state index contributed by atoms with van der Waals surface area (Å²) in [6, 6.07) is 10.6. The van der Waals surface area contributed by atoms with Crippen molar-refractivity contribution in [2.45, 2.75) is 6.92 Å². The standard InChI is InChI=1S/C16H15BrN2O4/c1-11-2-5-14(23-11)8-9-15(20)18-19-16(21)10-22-13-6-3-12(17)4-7-13/h2-9H,10H2,1H3,(H,18,20)(H,19,21). The molecule has 0 aliphatic heterocycles. The zero-order chi connectivity index (χ0) is 16.7. The van der Waals surface area contributed by atoms with Crippen molar-refractivity contribution in [3.63, 3.8) is 0 Å². The minimum atomic E-state index is -0.476. The van der Waals surface area contributed by atoms with Gasteiger partial charge in [-0.3, -0.25) is 20.4 Å². The lowest BCUT2D eigenvalue weighted by Crippen LogP contribution is -2.43. The second-order valence-electron chi connectivity index (χ2n) is 4.56. The Morgan fingerprint density at radius 1 is 1.17 bits per heavy atom. The van der Waals surface area contributed by atoms with Crippen LogP contribution >= 0.6 is 15.9 Å². The van der Waals surface area contributed by atoms with Gasteiger partial charge in [0.05, 0.1) is 0 Å². The van der Waals surface area contributed by atoms with Crippen molar-refractivity contribution in [3.8, 4) is 5.75 Å². The summed E-state index contributed by atoms with van der Waals surface area (Å²) in [5, 5.41) is 0. The van der Waals surface area contributed by atoms with Crippen LogP contribution in [0.15, 0.2) is 51.4 Å². The van der Waals surface area contributed by atoms with Gasteiger partial charge in [0.15, 0.2) is 6.61 Å². The second-order valence-corrected chi connectivity index (χ2v) is 5.48. The third kappa shape index (κ3) is 5.99. The predicted octanol–water partition coefficient (Wildman–Crippen LogP) is 2.59. The summed E-state index contributed by atoms with van der Waals surface area (Å²) < 4.78 is 11.5. The number of hydrogen-bond acceptors (Lipinski definition) is 4. The summed E-state index contributed by atoms with van der Waals surface area (Å²) >= 11 is 3.30. The van der Waals surface area contributed by atoms with E-state index >= 15 is 0 Å². The molecule has 0 atom stereocenters. The Balaban J connectivity index is 1.70. The molecule has 0 spiro atoms. The summed E-state index contributed by atoms with van der Waals surface area (Å²) in [5.74, 6) is 0.924. The second kappa shape index (κ2) is 8.19. The molecular formula is C16H15BrN2O4. The minimum absolute atomic E-state index is 0.205. The molecule has 7 heteroatoms. The van der Waals surface area contributed by atoms with Gasteiger partial charge in [-0.25, -0.2) is 0 Å². The number of rotatable bonds is 5. The molecule has 0 aliphatic rings. The van der Waals surface area contributed by atoms with Gasteiger partial charge in [0.25, 0.3) is 11.8 Å². The van der Waals surface area contributed by atoms with Crippen molar-refractivity contribution in [3.05, 3.63) is 58.5 Å². The lowest BCUT2D eigenvalue weighted by atomic mass is 10.3. The molecule has 0 saturated heterocycles. The van der Waals surface area contributed by atoms with Crippen LogP contribution in [0.4, 0.5) is 0 Å².